The van der Waals surface area contributed by atoms with Crippen molar-refractivity contribution in [2.24, 2.45) is 7.05 Å². The molecule has 2 aromatic rings. The number of aromatic nitrogens is 3. The lowest BCUT2D eigenvalue weighted by Gasteiger charge is -2.39. The maximum atomic E-state index is 12.5. The predicted octanol–water partition coefficient (Wildman–Crippen LogP) is 2.46. The Morgan fingerprint density at radius 3 is 2.52 bits per heavy atom. The first-order valence-corrected chi connectivity index (χ1v) is 10.6. The molecule has 0 aromatic carbocycles. The molecule has 4 rings (SSSR count). The summed E-state index contributed by atoms with van der Waals surface area (Å²) in [5.74, 6) is -2.65. The van der Waals surface area contributed by atoms with Gasteiger partial charge in [-0.25, -0.2) is 9.78 Å². The van der Waals surface area contributed by atoms with E-state index >= 15 is 0 Å². The molecule has 170 valence electrons. The number of hydrogen-bond acceptors (Lipinski definition) is 6. The van der Waals surface area contributed by atoms with E-state index in [0.29, 0.717) is 0 Å². The summed E-state index contributed by atoms with van der Waals surface area (Å²) in [5, 5.41) is 17.9. The van der Waals surface area contributed by atoms with Crippen LogP contribution in [0.1, 0.15) is 41.4 Å². The Bertz CT molecular complexity index is 934. The summed E-state index contributed by atoms with van der Waals surface area (Å²) >= 11 is 1.71. The number of rotatable bonds is 3. The number of likely N-dealkylation sites (tertiary alicyclic amines) is 1. The van der Waals surface area contributed by atoms with Gasteiger partial charge in [0.25, 0.3) is 0 Å². The number of halogens is 3. The summed E-state index contributed by atoms with van der Waals surface area (Å²) in [5.41, 5.74) is 2.16. The molecule has 0 saturated carbocycles. The van der Waals surface area contributed by atoms with Crippen molar-refractivity contribution in [1.29, 1.82) is 0 Å². The number of thiazole rings is 1. The second-order valence-electron chi connectivity index (χ2n) is 7.91. The van der Waals surface area contributed by atoms with Gasteiger partial charge in [-0.3, -0.25) is 14.4 Å². The largest absolute Gasteiger partial charge is 0.490 e. The molecule has 2 fully saturated rings. The number of amides is 1. The van der Waals surface area contributed by atoms with Gasteiger partial charge in [-0.05, 0) is 26.2 Å². The number of alkyl halides is 3. The number of carboxylic acid groups (broad SMARTS) is 1. The van der Waals surface area contributed by atoms with Crippen molar-refractivity contribution in [2.75, 3.05) is 13.1 Å². The summed E-state index contributed by atoms with van der Waals surface area (Å²) in [6.07, 6.45) is 1.62. The van der Waals surface area contributed by atoms with E-state index in [1.54, 1.807) is 16.0 Å². The smallest absolute Gasteiger partial charge is 0.475 e. The van der Waals surface area contributed by atoms with Crippen LogP contribution >= 0.6 is 11.3 Å². The number of nitrogens with zero attached hydrogens (tertiary/aromatic N) is 4. The lowest BCUT2D eigenvalue weighted by atomic mass is 9.82. The van der Waals surface area contributed by atoms with E-state index in [0.717, 1.165) is 55.2 Å². The molecule has 1 amide bonds. The molecular weight excluding hydrogens is 435 g/mol. The Morgan fingerprint density at radius 1 is 1.39 bits per heavy atom. The molecule has 0 bridgehead atoms. The fourth-order valence-corrected chi connectivity index (χ4v) is 4.55. The second kappa shape index (κ2) is 8.95. The van der Waals surface area contributed by atoms with Crippen LogP contribution in [-0.2, 0) is 23.2 Å². The quantitative estimate of drug-likeness (QED) is 0.732. The highest BCUT2D eigenvalue weighted by Gasteiger charge is 2.46. The lowest BCUT2D eigenvalue weighted by Crippen LogP contribution is -2.50. The average molecular weight is 459 g/mol. The van der Waals surface area contributed by atoms with Crippen LogP contribution < -0.4 is 5.32 Å². The van der Waals surface area contributed by atoms with Gasteiger partial charge in [0, 0.05) is 49.4 Å². The van der Waals surface area contributed by atoms with Gasteiger partial charge in [0.2, 0.25) is 5.91 Å². The first kappa shape index (κ1) is 23.2. The van der Waals surface area contributed by atoms with Crippen LogP contribution in [0.3, 0.4) is 0 Å². The molecule has 1 unspecified atom stereocenters. The summed E-state index contributed by atoms with van der Waals surface area (Å²) in [7, 11) is 1.89. The van der Waals surface area contributed by atoms with Crippen LogP contribution in [0.2, 0.25) is 0 Å². The maximum Gasteiger partial charge on any atom is 0.490 e. The lowest BCUT2D eigenvalue weighted by molar-refractivity contribution is -0.192. The molecule has 0 aliphatic carbocycles. The normalized spacial score (nSPS) is 20.9. The monoisotopic (exact) mass is 459 g/mol. The van der Waals surface area contributed by atoms with Crippen molar-refractivity contribution in [3.05, 3.63) is 34.0 Å². The minimum atomic E-state index is -5.08. The molecule has 8 nitrogen and oxygen atoms in total. The number of carbonyl (C=O) groups is 2. The molecule has 0 radical (unpaired) electrons. The third kappa shape index (κ3) is 5.82. The molecule has 1 atom stereocenters. The Balaban J connectivity index is 0.000000339. The minimum absolute atomic E-state index is 0.0356. The van der Waals surface area contributed by atoms with E-state index in [1.165, 1.54) is 0 Å². The van der Waals surface area contributed by atoms with Crippen molar-refractivity contribution >= 4 is 23.2 Å². The highest BCUT2D eigenvalue weighted by atomic mass is 32.1. The van der Waals surface area contributed by atoms with Gasteiger partial charge >= 0.3 is 12.1 Å². The standard InChI is InChI=1S/C17H23N5OS.C2HF3O2/c1-12-19-14(11-24-12)10-22-5-3-17(4-6-22)7-15(16(23)20-17)13-8-18-21(2)9-13;3-2(4,5)1(6)7/h8-9,11,15H,3-7,10H2,1-2H3,(H,20,23);(H,6,7). The van der Waals surface area contributed by atoms with Crippen LogP contribution in [0.5, 0.6) is 0 Å². The van der Waals surface area contributed by atoms with E-state index in [1.807, 2.05) is 26.4 Å². The summed E-state index contributed by atoms with van der Waals surface area (Å²) in [6.45, 7) is 4.99. The van der Waals surface area contributed by atoms with Crippen molar-refractivity contribution in [3.8, 4) is 0 Å². The van der Waals surface area contributed by atoms with Crippen LogP contribution in [0.4, 0.5) is 13.2 Å². The fourth-order valence-electron chi connectivity index (χ4n) is 3.95. The van der Waals surface area contributed by atoms with Crippen LogP contribution in [-0.4, -0.2) is 61.5 Å². The highest BCUT2D eigenvalue weighted by molar-refractivity contribution is 7.09. The molecule has 2 aliphatic rings. The van der Waals surface area contributed by atoms with Crippen LogP contribution in [0.15, 0.2) is 17.8 Å². The number of carboxylic acids is 1. The molecule has 2 aromatic heterocycles. The van der Waals surface area contributed by atoms with E-state index < -0.39 is 12.1 Å². The molecule has 2 N–H and O–H groups in total. The molecule has 2 saturated heterocycles. The Morgan fingerprint density at radius 2 is 2.03 bits per heavy atom. The van der Waals surface area contributed by atoms with E-state index in [-0.39, 0.29) is 17.4 Å². The number of nitrogens with one attached hydrogen (secondary N) is 1. The van der Waals surface area contributed by atoms with Gasteiger partial charge in [0.05, 0.1) is 22.8 Å². The summed E-state index contributed by atoms with van der Waals surface area (Å²) in [6, 6.07) is 0. The topological polar surface area (TPSA) is 100 Å². The van der Waals surface area contributed by atoms with Crippen LogP contribution in [0.25, 0.3) is 0 Å². The van der Waals surface area contributed by atoms with Gasteiger partial charge in [-0.1, -0.05) is 0 Å². The number of piperidine rings is 1. The van der Waals surface area contributed by atoms with Crippen molar-refractivity contribution < 1.29 is 27.9 Å². The zero-order valence-electron chi connectivity index (χ0n) is 17.1. The molecule has 2 aliphatic heterocycles. The van der Waals surface area contributed by atoms with Gasteiger partial charge < -0.3 is 10.4 Å². The first-order valence-electron chi connectivity index (χ1n) is 9.71. The fraction of sp³-hybridized carbons (Fsp3) is 0.579. The third-order valence-corrected chi connectivity index (χ3v) is 6.36. The molecule has 12 heteroatoms. The number of hydrogen-bond donors (Lipinski definition) is 2. The molecular formula is C19H24F3N5O3S. The van der Waals surface area contributed by atoms with Crippen molar-refractivity contribution in [2.45, 2.75) is 50.4 Å². The Hall–Kier alpha value is -2.47. The number of aliphatic carboxylic acids is 1. The second-order valence-corrected chi connectivity index (χ2v) is 8.97. The zero-order valence-corrected chi connectivity index (χ0v) is 18.0. The average Bonchev–Trinajstić information content (AvgIpc) is 3.37. The van der Waals surface area contributed by atoms with Gasteiger partial charge in [0.1, 0.15) is 0 Å². The van der Waals surface area contributed by atoms with Gasteiger partial charge in [-0.2, -0.15) is 18.3 Å². The Labute approximate surface area is 181 Å². The third-order valence-electron chi connectivity index (χ3n) is 5.53. The molecule has 4 heterocycles. The van der Waals surface area contributed by atoms with E-state index in [9.17, 15) is 18.0 Å². The van der Waals surface area contributed by atoms with Crippen molar-refractivity contribution in [1.82, 2.24) is 25.0 Å². The van der Waals surface area contributed by atoms with Crippen molar-refractivity contribution in [3.63, 3.8) is 0 Å². The van der Waals surface area contributed by atoms with E-state index in [4.69, 9.17) is 9.90 Å². The highest BCUT2D eigenvalue weighted by Crippen LogP contribution is 2.39. The number of carbonyl (C=O) groups excluding carboxylic acids is 1. The van der Waals surface area contributed by atoms with E-state index in [2.05, 4.69) is 25.7 Å². The number of aryl methyl sites for hydroxylation is 2. The minimum Gasteiger partial charge on any atom is -0.475 e. The zero-order chi connectivity index (χ0) is 22.8. The first-order chi connectivity index (χ1) is 14.5. The summed E-state index contributed by atoms with van der Waals surface area (Å²) < 4.78 is 33.5. The van der Waals surface area contributed by atoms with Gasteiger partial charge in [0.15, 0.2) is 0 Å². The summed E-state index contributed by atoms with van der Waals surface area (Å²) in [4.78, 5) is 28.4. The maximum absolute atomic E-state index is 12.5. The molecule has 1 spiro atoms. The van der Waals surface area contributed by atoms with Gasteiger partial charge in [-0.15, -0.1) is 11.3 Å². The van der Waals surface area contributed by atoms with Crippen LogP contribution in [0, 0.1) is 6.92 Å². The SMILES string of the molecule is Cc1nc(CN2CCC3(CC2)CC(c2cnn(C)c2)C(=O)N3)cs1.O=C(O)C(F)(F)F. The Kier molecular flexibility index (Phi) is 6.70. The molecule has 31 heavy (non-hydrogen) atoms. The predicted molar refractivity (Wildman–Crippen MR) is 106 cm³/mol.